The van der Waals surface area contributed by atoms with E-state index in [1.54, 1.807) is 51.1 Å². The van der Waals surface area contributed by atoms with Gasteiger partial charge in [0.15, 0.2) is 0 Å². The van der Waals surface area contributed by atoms with E-state index in [0.29, 0.717) is 39.9 Å². The molecule has 36 heavy (non-hydrogen) atoms. The molecule has 1 amide bonds. The molecule has 2 aromatic rings. The second-order valence-corrected chi connectivity index (χ2v) is 10.5. The number of hydrogen-bond acceptors (Lipinski definition) is 6. The Morgan fingerprint density at radius 2 is 1.83 bits per heavy atom. The summed E-state index contributed by atoms with van der Waals surface area (Å²) in [5, 5.41) is 13.5. The lowest BCUT2D eigenvalue weighted by Crippen LogP contribution is -2.50. The standard InChI is InChI=1S/C26H30Cl2N2O6/c1-25(2)18(10-11-26(25,3)24(33)34)22(31)30-21(23(32)35-4)12-15-8-9-16(13-29-15)36-14-17-19(27)6-5-7-20(17)28/h5-9,13,18,21H,10-12,14H2,1-4H3,(H,30,31)(H,33,34). The maximum absolute atomic E-state index is 13.1. The second kappa shape index (κ2) is 11.0. The number of carbonyl (C=O) groups is 3. The molecule has 1 aromatic heterocycles. The molecule has 3 atom stereocenters. The number of aliphatic carboxylic acids is 1. The maximum Gasteiger partial charge on any atom is 0.328 e. The largest absolute Gasteiger partial charge is 0.487 e. The Morgan fingerprint density at radius 1 is 1.17 bits per heavy atom. The van der Waals surface area contributed by atoms with Crippen molar-refractivity contribution in [2.24, 2.45) is 16.7 Å². The number of rotatable bonds is 9. The van der Waals surface area contributed by atoms with Crippen LogP contribution in [0.3, 0.4) is 0 Å². The minimum absolute atomic E-state index is 0.0956. The Morgan fingerprint density at radius 3 is 2.36 bits per heavy atom. The maximum atomic E-state index is 13.1. The molecule has 2 N–H and O–H groups in total. The number of benzene rings is 1. The Labute approximate surface area is 220 Å². The van der Waals surface area contributed by atoms with Crippen molar-refractivity contribution >= 4 is 41.0 Å². The molecule has 1 aromatic carbocycles. The first-order chi connectivity index (χ1) is 16.9. The highest BCUT2D eigenvalue weighted by Crippen LogP contribution is 2.56. The van der Waals surface area contributed by atoms with Crippen molar-refractivity contribution in [2.45, 2.75) is 52.7 Å². The zero-order valence-corrected chi connectivity index (χ0v) is 22.2. The smallest absolute Gasteiger partial charge is 0.328 e. The van der Waals surface area contributed by atoms with Gasteiger partial charge < -0.3 is 19.9 Å². The van der Waals surface area contributed by atoms with Gasteiger partial charge in [0.25, 0.3) is 0 Å². The number of esters is 1. The summed E-state index contributed by atoms with van der Waals surface area (Å²) in [6.45, 7) is 5.38. The third-order valence-corrected chi connectivity index (χ3v) is 8.18. The second-order valence-electron chi connectivity index (χ2n) is 9.71. The number of ether oxygens (including phenoxy) is 2. The van der Waals surface area contributed by atoms with Crippen molar-refractivity contribution in [1.29, 1.82) is 0 Å². The van der Waals surface area contributed by atoms with Crippen molar-refractivity contribution in [1.82, 2.24) is 10.3 Å². The van der Waals surface area contributed by atoms with Gasteiger partial charge in [0.05, 0.1) is 18.7 Å². The Kier molecular flexibility index (Phi) is 8.52. The Balaban J connectivity index is 1.67. The molecule has 1 aliphatic rings. The number of carboxylic acid groups (broad SMARTS) is 1. The summed E-state index contributed by atoms with van der Waals surface area (Å²) in [7, 11) is 1.24. The first kappa shape index (κ1) is 27.7. The highest BCUT2D eigenvalue weighted by atomic mass is 35.5. The molecule has 1 saturated carbocycles. The summed E-state index contributed by atoms with van der Waals surface area (Å²) in [6.07, 6.45) is 2.39. The molecule has 1 heterocycles. The van der Waals surface area contributed by atoms with Gasteiger partial charge in [-0.1, -0.05) is 43.1 Å². The van der Waals surface area contributed by atoms with Crippen molar-refractivity contribution in [3.63, 3.8) is 0 Å². The molecule has 8 nitrogen and oxygen atoms in total. The van der Waals surface area contributed by atoms with E-state index in [0.717, 1.165) is 0 Å². The van der Waals surface area contributed by atoms with E-state index in [4.69, 9.17) is 32.7 Å². The van der Waals surface area contributed by atoms with Crippen LogP contribution in [0.1, 0.15) is 44.9 Å². The van der Waals surface area contributed by atoms with E-state index in [-0.39, 0.29) is 18.9 Å². The van der Waals surface area contributed by atoms with Gasteiger partial charge in [-0.2, -0.15) is 0 Å². The fourth-order valence-electron chi connectivity index (χ4n) is 4.60. The van der Waals surface area contributed by atoms with Crippen LogP contribution in [0.4, 0.5) is 0 Å². The number of carbonyl (C=O) groups excluding carboxylic acids is 2. The van der Waals surface area contributed by atoms with Gasteiger partial charge in [-0.3, -0.25) is 14.6 Å². The van der Waals surface area contributed by atoms with E-state index in [1.165, 1.54) is 13.3 Å². The molecule has 0 spiro atoms. The average molecular weight is 537 g/mol. The predicted octanol–water partition coefficient (Wildman–Crippen LogP) is 4.69. The van der Waals surface area contributed by atoms with Gasteiger partial charge in [0.2, 0.25) is 5.91 Å². The lowest BCUT2D eigenvalue weighted by Gasteiger charge is -2.38. The van der Waals surface area contributed by atoms with Crippen LogP contribution in [0, 0.1) is 16.7 Å². The van der Waals surface area contributed by atoms with E-state index in [1.807, 2.05) is 0 Å². The Hall–Kier alpha value is -2.84. The van der Waals surface area contributed by atoms with Gasteiger partial charge >= 0.3 is 11.9 Å². The van der Waals surface area contributed by atoms with Gasteiger partial charge in [-0.15, -0.1) is 0 Å². The summed E-state index contributed by atoms with van der Waals surface area (Å²) < 4.78 is 10.6. The summed E-state index contributed by atoms with van der Waals surface area (Å²) in [5.41, 5.74) is -0.644. The highest BCUT2D eigenvalue weighted by Gasteiger charge is 2.58. The van der Waals surface area contributed by atoms with Gasteiger partial charge in [0.1, 0.15) is 18.4 Å². The SMILES string of the molecule is COC(=O)C(Cc1ccc(OCc2c(Cl)cccc2Cl)cn1)NC(=O)C1CCC(C)(C(=O)O)C1(C)C. The predicted molar refractivity (Wildman–Crippen MR) is 135 cm³/mol. The van der Waals surface area contributed by atoms with E-state index in [2.05, 4.69) is 10.3 Å². The van der Waals surface area contributed by atoms with Crippen molar-refractivity contribution in [2.75, 3.05) is 7.11 Å². The van der Waals surface area contributed by atoms with Crippen LogP contribution < -0.4 is 10.1 Å². The molecule has 0 bridgehead atoms. The van der Waals surface area contributed by atoms with Crippen LogP contribution in [0.15, 0.2) is 36.5 Å². The molecule has 1 aliphatic carbocycles. The van der Waals surface area contributed by atoms with E-state index >= 15 is 0 Å². The fourth-order valence-corrected chi connectivity index (χ4v) is 5.11. The molecule has 10 heteroatoms. The number of nitrogens with zero attached hydrogens (tertiary/aromatic N) is 1. The van der Waals surface area contributed by atoms with Crippen molar-refractivity contribution in [3.8, 4) is 5.75 Å². The van der Waals surface area contributed by atoms with Crippen molar-refractivity contribution < 1.29 is 29.0 Å². The average Bonchev–Trinajstić information content (AvgIpc) is 3.08. The first-order valence-electron chi connectivity index (χ1n) is 11.5. The van der Waals surface area contributed by atoms with Crippen LogP contribution >= 0.6 is 23.2 Å². The number of hydrogen-bond donors (Lipinski definition) is 2. The quantitative estimate of drug-likeness (QED) is 0.446. The van der Waals surface area contributed by atoms with Crippen LogP contribution in [0.25, 0.3) is 0 Å². The molecule has 3 unspecified atom stereocenters. The molecule has 1 fully saturated rings. The topological polar surface area (TPSA) is 115 Å². The molecular formula is C26H30Cl2N2O6. The summed E-state index contributed by atoms with van der Waals surface area (Å²) >= 11 is 12.3. The monoisotopic (exact) mass is 536 g/mol. The van der Waals surface area contributed by atoms with Gasteiger partial charge in [-0.25, -0.2) is 4.79 Å². The number of pyridine rings is 1. The normalized spacial score (nSPS) is 21.4. The van der Waals surface area contributed by atoms with Crippen LogP contribution in [0.5, 0.6) is 5.75 Å². The minimum atomic E-state index is -1.04. The molecule has 0 saturated heterocycles. The van der Waals surface area contributed by atoms with Gasteiger partial charge in [-0.05, 0) is 49.4 Å². The molecule has 0 aliphatic heterocycles. The van der Waals surface area contributed by atoms with E-state index in [9.17, 15) is 19.5 Å². The zero-order valence-electron chi connectivity index (χ0n) is 20.6. The first-order valence-corrected chi connectivity index (χ1v) is 12.3. The number of amides is 1. The molecule has 3 rings (SSSR count). The number of carboxylic acids is 1. The number of nitrogens with one attached hydrogen (secondary N) is 1. The lowest BCUT2D eigenvalue weighted by atomic mass is 9.65. The molecular weight excluding hydrogens is 507 g/mol. The summed E-state index contributed by atoms with van der Waals surface area (Å²) in [5.74, 6) is -2.01. The van der Waals surface area contributed by atoms with Crippen molar-refractivity contribution in [3.05, 3.63) is 57.8 Å². The lowest BCUT2D eigenvalue weighted by molar-refractivity contribution is -0.156. The van der Waals surface area contributed by atoms with Crippen LogP contribution in [0.2, 0.25) is 10.0 Å². The summed E-state index contributed by atoms with van der Waals surface area (Å²) in [4.78, 5) is 41.8. The van der Waals surface area contributed by atoms with Crippen LogP contribution in [-0.2, 0) is 32.1 Å². The van der Waals surface area contributed by atoms with E-state index < -0.39 is 34.7 Å². The Bertz CT molecular complexity index is 1120. The molecule has 0 radical (unpaired) electrons. The van der Waals surface area contributed by atoms with Crippen LogP contribution in [-0.4, -0.2) is 41.1 Å². The molecule has 194 valence electrons. The highest BCUT2D eigenvalue weighted by molar-refractivity contribution is 6.35. The minimum Gasteiger partial charge on any atom is -0.487 e. The number of methoxy groups -OCH3 is 1. The van der Waals surface area contributed by atoms with Gasteiger partial charge in [0, 0.05) is 33.6 Å². The fraction of sp³-hybridized carbons (Fsp3) is 0.462. The summed E-state index contributed by atoms with van der Waals surface area (Å²) in [6, 6.07) is 7.61. The third kappa shape index (κ3) is 5.60. The number of aromatic nitrogens is 1. The third-order valence-electron chi connectivity index (χ3n) is 7.47. The number of halogens is 2. The zero-order chi connectivity index (χ0) is 26.7.